The number of likely N-dealkylation sites (tertiary alicyclic amines) is 1. The molecular weight excluding hydrogens is 438 g/mol. The smallest absolute Gasteiger partial charge is 0.230 e. The minimum absolute atomic E-state index is 0.390. The van der Waals surface area contributed by atoms with E-state index in [0.717, 1.165) is 44.5 Å². The lowest BCUT2D eigenvalue weighted by Crippen LogP contribution is -2.32. The summed E-state index contributed by atoms with van der Waals surface area (Å²) >= 11 is 0. The Balaban J connectivity index is 1.33. The van der Waals surface area contributed by atoms with Gasteiger partial charge in [-0.15, -0.1) is 10.2 Å². The number of fused-ring (bicyclic) bond motifs is 2. The molecular formula is C27H31N7O. The molecule has 0 bridgehead atoms. The van der Waals surface area contributed by atoms with Crippen LogP contribution in [0.15, 0.2) is 47.6 Å². The number of pyridine rings is 1. The monoisotopic (exact) mass is 469 g/mol. The van der Waals surface area contributed by atoms with Crippen LogP contribution >= 0.6 is 0 Å². The van der Waals surface area contributed by atoms with E-state index in [0.29, 0.717) is 17.7 Å². The number of benzene rings is 1. The van der Waals surface area contributed by atoms with Gasteiger partial charge in [0.1, 0.15) is 6.33 Å². The SMILES string of the molecule is CCc1cc2ncnn2cc1-c1[nH]c2ccc(C3CCN(Cc4nnco4)CC3)cc2c1C(C)C. The molecule has 4 aromatic heterocycles. The van der Waals surface area contributed by atoms with Gasteiger partial charge in [-0.3, -0.25) is 4.90 Å². The average molecular weight is 470 g/mol. The summed E-state index contributed by atoms with van der Waals surface area (Å²) in [6, 6.07) is 9.17. The summed E-state index contributed by atoms with van der Waals surface area (Å²) in [6.45, 7) is 9.59. The maximum atomic E-state index is 5.33. The van der Waals surface area contributed by atoms with Gasteiger partial charge < -0.3 is 9.40 Å². The Hall–Kier alpha value is -3.52. The Bertz CT molecular complexity index is 1460. The molecule has 0 unspecified atom stereocenters. The molecule has 0 radical (unpaired) electrons. The Morgan fingerprint density at radius 1 is 1.17 bits per heavy atom. The number of piperidine rings is 1. The minimum Gasteiger partial charge on any atom is -0.427 e. The molecule has 1 aromatic carbocycles. The lowest BCUT2D eigenvalue weighted by Gasteiger charge is -2.31. The van der Waals surface area contributed by atoms with Crippen LogP contribution in [0.2, 0.25) is 0 Å². The van der Waals surface area contributed by atoms with E-state index in [1.165, 1.54) is 45.2 Å². The van der Waals surface area contributed by atoms with Gasteiger partial charge >= 0.3 is 0 Å². The summed E-state index contributed by atoms with van der Waals surface area (Å²) < 4.78 is 7.20. The molecule has 35 heavy (non-hydrogen) atoms. The number of rotatable bonds is 6. The van der Waals surface area contributed by atoms with Crippen LogP contribution in [-0.4, -0.2) is 47.8 Å². The fraction of sp³-hybridized carbons (Fsp3) is 0.407. The van der Waals surface area contributed by atoms with E-state index in [2.05, 4.69) is 81.4 Å². The summed E-state index contributed by atoms with van der Waals surface area (Å²) in [5.41, 5.74) is 8.60. The van der Waals surface area contributed by atoms with Gasteiger partial charge in [-0.1, -0.05) is 26.8 Å². The largest absolute Gasteiger partial charge is 0.427 e. The van der Waals surface area contributed by atoms with Crippen molar-refractivity contribution >= 4 is 16.6 Å². The molecule has 8 nitrogen and oxygen atoms in total. The summed E-state index contributed by atoms with van der Waals surface area (Å²) in [5, 5.41) is 13.5. The Morgan fingerprint density at radius 2 is 2.03 bits per heavy atom. The molecule has 1 fully saturated rings. The third-order valence-electron chi connectivity index (χ3n) is 7.41. The predicted octanol–water partition coefficient (Wildman–Crippen LogP) is 5.33. The first kappa shape index (κ1) is 22.0. The first-order valence-electron chi connectivity index (χ1n) is 12.6. The second kappa shape index (κ2) is 8.92. The van der Waals surface area contributed by atoms with Gasteiger partial charge in [-0.2, -0.15) is 5.10 Å². The molecule has 0 amide bonds. The molecule has 6 rings (SSSR count). The van der Waals surface area contributed by atoms with Crippen molar-refractivity contribution in [2.45, 2.75) is 58.4 Å². The molecule has 1 aliphatic heterocycles. The van der Waals surface area contributed by atoms with Crippen molar-refractivity contribution < 1.29 is 4.42 Å². The summed E-state index contributed by atoms with van der Waals surface area (Å²) in [6.07, 6.45) is 8.36. The lowest BCUT2D eigenvalue weighted by atomic mass is 9.87. The maximum absolute atomic E-state index is 5.33. The standard InChI is InChI=1S/C27H31N7O/c1-4-18-12-24-28-15-30-34(24)13-22(18)27-26(17(2)3)21-11-20(5-6-23(21)31-27)19-7-9-33(10-8-19)14-25-32-29-16-35-25/h5-6,11-13,15-17,19,31H,4,7-10,14H2,1-3H3. The molecule has 1 aliphatic rings. The summed E-state index contributed by atoms with van der Waals surface area (Å²) in [7, 11) is 0. The number of nitrogens with one attached hydrogen (secondary N) is 1. The highest BCUT2D eigenvalue weighted by Gasteiger charge is 2.24. The maximum Gasteiger partial charge on any atom is 0.230 e. The van der Waals surface area contributed by atoms with Crippen LogP contribution in [0.3, 0.4) is 0 Å². The van der Waals surface area contributed by atoms with Gasteiger partial charge in [0.2, 0.25) is 12.3 Å². The minimum atomic E-state index is 0.390. The fourth-order valence-electron chi connectivity index (χ4n) is 5.60. The molecule has 0 aliphatic carbocycles. The van der Waals surface area contributed by atoms with E-state index >= 15 is 0 Å². The van der Waals surface area contributed by atoms with Crippen molar-refractivity contribution in [2.24, 2.45) is 0 Å². The number of aromatic amines is 1. The zero-order valence-electron chi connectivity index (χ0n) is 20.5. The van der Waals surface area contributed by atoms with E-state index in [1.807, 2.05) is 4.52 Å². The zero-order chi connectivity index (χ0) is 23.9. The third kappa shape index (κ3) is 4.01. The van der Waals surface area contributed by atoms with Gasteiger partial charge in [0.15, 0.2) is 5.65 Å². The number of H-pyrrole nitrogens is 1. The van der Waals surface area contributed by atoms with Crippen molar-refractivity contribution in [1.82, 2.24) is 34.7 Å². The van der Waals surface area contributed by atoms with Gasteiger partial charge in [0.05, 0.1) is 12.2 Å². The van der Waals surface area contributed by atoms with Crippen LogP contribution in [0, 0.1) is 0 Å². The number of hydrogen-bond donors (Lipinski definition) is 1. The van der Waals surface area contributed by atoms with Gasteiger partial charge in [0, 0.05) is 22.7 Å². The molecule has 5 aromatic rings. The normalized spacial score (nSPS) is 15.7. The fourth-order valence-corrected chi connectivity index (χ4v) is 5.60. The number of hydrogen-bond acceptors (Lipinski definition) is 6. The first-order chi connectivity index (χ1) is 17.1. The highest BCUT2D eigenvalue weighted by molar-refractivity contribution is 5.92. The topological polar surface area (TPSA) is 88.1 Å². The predicted molar refractivity (Wildman–Crippen MR) is 135 cm³/mol. The van der Waals surface area contributed by atoms with Crippen LogP contribution in [-0.2, 0) is 13.0 Å². The first-order valence-corrected chi connectivity index (χ1v) is 12.6. The number of aromatic nitrogens is 6. The van der Waals surface area contributed by atoms with Crippen LogP contribution < -0.4 is 0 Å². The van der Waals surface area contributed by atoms with Crippen molar-refractivity contribution in [2.75, 3.05) is 13.1 Å². The third-order valence-corrected chi connectivity index (χ3v) is 7.41. The second-order valence-corrected chi connectivity index (χ2v) is 9.88. The van der Waals surface area contributed by atoms with Crippen molar-refractivity contribution in [3.05, 3.63) is 65.8 Å². The molecule has 1 N–H and O–H groups in total. The van der Waals surface area contributed by atoms with Gasteiger partial charge in [0.25, 0.3) is 0 Å². The van der Waals surface area contributed by atoms with E-state index in [9.17, 15) is 0 Å². The molecule has 0 spiro atoms. The Kier molecular flexibility index (Phi) is 5.60. The highest BCUT2D eigenvalue weighted by Crippen LogP contribution is 2.39. The van der Waals surface area contributed by atoms with Crippen molar-refractivity contribution in [3.8, 4) is 11.3 Å². The summed E-state index contributed by atoms with van der Waals surface area (Å²) in [4.78, 5) is 10.5. The highest BCUT2D eigenvalue weighted by atomic mass is 16.4. The van der Waals surface area contributed by atoms with Crippen LogP contribution in [0.1, 0.15) is 68.0 Å². The quantitative estimate of drug-likeness (QED) is 0.362. The van der Waals surface area contributed by atoms with Crippen molar-refractivity contribution in [3.63, 3.8) is 0 Å². The van der Waals surface area contributed by atoms with Gasteiger partial charge in [-0.25, -0.2) is 9.50 Å². The second-order valence-electron chi connectivity index (χ2n) is 9.88. The average Bonchev–Trinajstić information content (AvgIpc) is 3.62. The van der Waals surface area contributed by atoms with E-state index in [1.54, 1.807) is 6.33 Å². The molecule has 5 heterocycles. The Morgan fingerprint density at radius 3 is 2.77 bits per heavy atom. The van der Waals surface area contributed by atoms with Crippen LogP contribution in [0.5, 0.6) is 0 Å². The molecule has 8 heteroatoms. The van der Waals surface area contributed by atoms with Crippen LogP contribution in [0.4, 0.5) is 0 Å². The number of aryl methyl sites for hydroxylation is 1. The van der Waals surface area contributed by atoms with Crippen LogP contribution in [0.25, 0.3) is 27.8 Å². The summed E-state index contributed by atoms with van der Waals surface area (Å²) in [5.74, 6) is 1.65. The van der Waals surface area contributed by atoms with E-state index in [-0.39, 0.29) is 0 Å². The molecule has 0 atom stereocenters. The van der Waals surface area contributed by atoms with Gasteiger partial charge in [-0.05, 0) is 79.1 Å². The molecule has 1 saturated heterocycles. The molecule has 180 valence electrons. The van der Waals surface area contributed by atoms with E-state index in [4.69, 9.17) is 4.42 Å². The Labute approximate surface area is 204 Å². The number of nitrogens with zero attached hydrogens (tertiary/aromatic N) is 6. The zero-order valence-corrected chi connectivity index (χ0v) is 20.5. The van der Waals surface area contributed by atoms with E-state index < -0.39 is 0 Å². The molecule has 0 saturated carbocycles. The van der Waals surface area contributed by atoms with Crippen molar-refractivity contribution in [1.29, 1.82) is 0 Å². The lowest BCUT2D eigenvalue weighted by molar-refractivity contribution is 0.187.